The van der Waals surface area contributed by atoms with Crippen molar-refractivity contribution in [3.05, 3.63) is 23.2 Å². The molecule has 0 saturated heterocycles. The number of hydrogen-bond donors (Lipinski definition) is 1. The van der Waals surface area contributed by atoms with Crippen LogP contribution < -0.4 is 5.73 Å². The van der Waals surface area contributed by atoms with E-state index in [1.54, 1.807) is 0 Å². The zero-order valence-electron chi connectivity index (χ0n) is 10.9. The van der Waals surface area contributed by atoms with Gasteiger partial charge in [0, 0.05) is 6.54 Å². The fourth-order valence-corrected chi connectivity index (χ4v) is 1.86. The maximum atomic E-state index is 5.68. The summed E-state index contributed by atoms with van der Waals surface area (Å²) in [5, 5.41) is 0. The van der Waals surface area contributed by atoms with Gasteiger partial charge in [-0.2, -0.15) is 0 Å². The van der Waals surface area contributed by atoms with Crippen LogP contribution in [0.2, 0.25) is 0 Å². The van der Waals surface area contributed by atoms with Gasteiger partial charge < -0.3 is 10.2 Å². The lowest BCUT2D eigenvalue weighted by Crippen LogP contribution is -2.23. The van der Waals surface area contributed by atoms with Crippen LogP contribution in [0.15, 0.2) is 10.5 Å². The van der Waals surface area contributed by atoms with E-state index in [2.05, 4.69) is 31.9 Å². The molecular formula is C13H24N2O. The highest BCUT2D eigenvalue weighted by Crippen LogP contribution is 2.16. The first-order chi connectivity index (χ1) is 7.56. The van der Waals surface area contributed by atoms with Crippen LogP contribution in [-0.2, 0) is 13.1 Å². The Bertz CT molecular complexity index is 320. The van der Waals surface area contributed by atoms with Gasteiger partial charge in [-0.1, -0.05) is 20.3 Å². The summed E-state index contributed by atoms with van der Waals surface area (Å²) in [5.41, 5.74) is 6.75. The highest BCUT2D eigenvalue weighted by atomic mass is 16.3. The minimum Gasteiger partial charge on any atom is -0.463 e. The topological polar surface area (TPSA) is 42.4 Å². The number of rotatable bonds is 6. The second kappa shape index (κ2) is 6.06. The van der Waals surface area contributed by atoms with Crippen molar-refractivity contribution in [2.75, 3.05) is 13.6 Å². The van der Waals surface area contributed by atoms with Crippen LogP contribution in [0, 0.1) is 12.8 Å². The van der Waals surface area contributed by atoms with E-state index in [0.29, 0.717) is 6.54 Å². The molecule has 1 rings (SSSR count). The van der Waals surface area contributed by atoms with Crippen molar-refractivity contribution >= 4 is 0 Å². The van der Waals surface area contributed by atoms with Crippen LogP contribution in [0.3, 0.4) is 0 Å². The molecule has 0 aromatic carbocycles. The minimum absolute atomic E-state index is 0.487. The fourth-order valence-electron chi connectivity index (χ4n) is 1.86. The highest BCUT2D eigenvalue weighted by Gasteiger charge is 2.10. The Labute approximate surface area is 98.6 Å². The monoisotopic (exact) mass is 224 g/mol. The van der Waals surface area contributed by atoms with Gasteiger partial charge >= 0.3 is 0 Å². The summed E-state index contributed by atoms with van der Waals surface area (Å²) < 4.78 is 5.68. The second-order valence-corrected chi connectivity index (χ2v) is 4.73. The Kier molecular flexibility index (Phi) is 5.03. The molecule has 1 aromatic rings. The summed E-state index contributed by atoms with van der Waals surface area (Å²) in [5.74, 6) is 2.66. The lowest BCUT2D eigenvalue weighted by atomic mass is 10.1. The molecule has 0 aliphatic carbocycles. The van der Waals surface area contributed by atoms with Crippen LogP contribution in [0.25, 0.3) is 0 Å². The number of aryl methyl sites for hydroxylation is 1. The van der Waals surface area contributed by atoms with E-state index >= 15 is 0 Å². The van der Waals surface area contributed by atoms with Gasteiger partial charge in [0.05, 0.1) is 13.1 Å². The van der Waals surface area contributed by atoms with Gasteiger partial charge in [0.1, 0.15) is 11.5 Å². The molecule has 1 unspecified atom stereocenters. The summed E-state index contributed by atoms with van der Waals surface area (Å²) >= 11 is 0. The molecule has 92 valence electrons. The van der Waals surface area contributed by atoms with Crippen molar-refractivity contribution in [2.24, 2.45) is 11.7 Å². The molecule has 0 spiro atoms. The van der Waals surface area contributed by atoms with E-state index in [1.165, 1.54) is 6.42 Å². The fraction of sp³-hybridized carbons (Fsp3) is 0.692. The smallest absolute Gasteiger partial charge is 0.120 e. The van der Waals surface area contributed by atoms with Gasteiger partial charge in [0.25, 0.3) is 0 Å². The standard InChI is InChI=1S/C13H24N2O/c1-5-10(2)8-15(4)9-12-6-11(3)13(7-14)16-12/h6,10H,5,7-9,14H2,1-4H3. The predicted molar refractivity (Wildman–Crippen MR) is 67.1 cm³/mol. The van der Waals surface area contributed by atoms with Crippen LogP contribution in [0.1, 0.15) is 37.4 Å². The third kappa shape index (κ3) is 3.65. The molecule has 1 aromatic heterocycles. The van der Waals surface area contributed by atoms with Crippen LogP contribution in [-0.4, -0.2) is 18.5 Å². The first-order valence-electron chi connectivity index (χ1n) is 6.03. The molecule has 3 heteroatoms. The quantitative estimate of drug-likeness (QED) is 0.807. The summed E-state index contributed by atoms with van der Waals surface area (Å²) in [7, 11) is 2.13. The molecule has 0 aliphatic rings. The maximum absolute atomic E-state index is 5.68. The predicted octanol–water partition coefficient (Wildman–Crippen LogP) is 2.52. The summed E-state index contributed by atoms with van der Waals surface area (Å²) in [6, 6.07) is 2.09. The molecule has 0 aliphatic heterocycles. The molecule has 0 radical (unpaired) electrons. The van der Waals surface area contributed by atoms with E-state index in [1.807, 2.05) is 6.92 Å². The normalized spacial score (nSPS) is 13.4. The van der Waals surface area contributed by atoms with Gasteiger partial charge in [-0.3, -0.25) is 4.90 Å². The second-order valence-electron chi connectivity index (χ2n) is 4.73. The van der Waals surface area contributed by atoms with E-state index in [-0.39, 0.29) is 0 Å². The van der Waals surface area contributed by atoms with Crippen LogP contribution in [0.5, 0.6) is 0 Å². The SMILES string of the molecule is CCC(C)CN(C)Cc1cc(C)c(CN)o1. The van der Waals surface area contributed by atoms with Crippen molar-refractivity contribution < 1.29 is 4.42 Å². The van der Waals surface area contributed by atoms with Gasteiger partial charge in [-0.15, -0.1) is 0 Å². The average molecular weight is 224 g/mol. The van der Waals surface area contributed by atoms with Crippen molar-refractivity contribution in [1.29, 1.82) is 0 Å². The van der Waals surface area contributed by atoms with E-state index in [0.717, 1.165) is 36.1 Å². The molecule has 1 heterocycles. The Morgan fingerprint density at radius 3 is 2.69 bits per heavy atom. The third-order valence-corrected chi connectivity index (χ3v) is 3.00. The third-order valence-electron chi connectivity index (χ3n) is 3.00. The molecule has 1 atom stereocenters. The van der Waals surface area contributed by atoms with Gasteiger partial charge in [0.2, 0.25) is 0 Å². The van der Waals surface area contributed by atoms with Gasteiger partial charge in [-0.05, 0) is 31.5 Å². The van der Waals surface area contributed by atoms with Crippen LogP contribution >= 0.6 is 0 Å². The van der Waals surface area contributed by atoms with Gasteiger partial charge in [0.15, 0.2) is 0 Å². The number of nitrogens with zero attached hydrogens (tertiary/aromatic N) is 1. The zero-order valence-corrected chi connectivity index (χ0v) is 10.9. The number of nitrogens with two attached hydrogens (primary N) is 1. The molecule has 0 amide bonds. The van der Waals surface area contributed by atoms with Crippen molar-refractivity contribution in [2.45, 2.75) is 40.3 Å². The Balaban J connectivity index is 2.52. The van der Waals surface area contributed by atoms with Crippen molar-refractivity contribution in [3.8, 4) is 0 Å². The first-order valence-corrected chi connectivity index (χ1v) is 6.03. The maximum Gasteiger partial charge on any atom is 0.120 e. The average Bonchev–Trinajstić information content (AvgIpc) is 2.58. The van der Waals surface area contributed by atoms with Crippen molar-refractivity contribution in [3.63, 3.8) is 0 Å². The van der Waals surface area contributed by atoms with E-state index in [9.17, 15) is 0 Å². The van der Waals surface area contributed by atoms with Crippen LogP contribution in [0.4, 0.5) is 0 Å². The Morgan fingerprint density at radius 2 is 2.19 bits per heavy atom. The van der Waals surface area contributed by atoms with E-state index in [4.69, 9.17) is 10.2 Å². The minimum atomic E-state index is 0.487. The first kappa shape index (κ1) is 13.3. The molecule has 16 heavy (non-hydrogen) atoms. The largest absolute Gasteiger partial charge is 0.463 e. The highest BCUT2D eigenvalue weighted by molar-refractivity contribution is 5.19. The number of furan rings is 1. The van der Waals surface area contributed by atoms with E-state index < -0.39 is 0 Å². The molecule has 0 bridgehead atoms. The Hall–Kier alpha value is -0.800. The molecule has 0 saturated carbocycles. The molecular weight excluding hydrogens is 200 g/mol. The lowest BCUT2D eigenvalue weighted by molar-refractivity contribution is 0.252. The molecule has 3 nitrogen and oxygen atoms in total. The van der Waals surface area contributed by atoms with Crippen molar-refractivity contribution in [1.82, 2.24) is 4.90 Å². The summed E-state index contributed by atoms with van der Waals surface area (Å²) in [4.78, 5) is 2.30. The number of hydrogen-bond acceptors (Lipinski definition) is 3. The summed E-state index contributed by atoms with van der Waals surface area (Å²) in [6.07, 6.45) is 1.22. The zero-order chi connectivity index (χ0) is 12.1. The van der Waals surface area contributed by atoms with Gasteiger partial charge in [-0.25, -0.2) is 0 Å². The molecule has 0 fully saturated rings. The molecule has 2 N–H and O–H groups in total. The Morgan fingerprint density at radius 1 is 1.50 bits per heavy atom. The lowest BCUT2D eigenvalue weighted by Gasteiger charge is -2.19. The summed E-state index contributed by atoms with van der Waals surface area (Å²) in [6.45, 7) is 9.00.